The van der Waals surface area contributed by atoms with E-state index in [1.54, 1.807) is 12.4 Å². The number of hydrogen-bond acceptors (Lipinski definition) is 3. The van der Waals surface area contributed by atoms with Gasteiger partial charge in [0.15, 0.2) is 0 Å². The van der Waals surface area contributed by atoms with E-state index in [1.807, 2.05) is 29.8 Å². The fourth-order valence-corrected chi connectivity index (χ4v) is 2.26. The maximum atomic E-state index is 6.19. The molecule has 1 atom stereocenters. The van der Waals surface area contributed by atoms with Crippen LogP contribution in [0.1, 0.15) is 30.8 Å². The molecule has 0 radical (unpaired) electrons. The number of nitrogens with two attached hydrogens (primary N) is 1. The average molecular weight is 265 g/mol. The molecule has 0 aliphatic carbocycles. The molecule has 2 heterocycles. The van der Waals surface area contributed by atoms with Gasteiger partial charge in [0.25, 0.3) is 0 Å². The Labute approximate surface area is 112 Å². The maximum absolute atomic E-state index is 6.19. The first-order valence-corrected chi connectivity index (χ1v) is 6.47. The average Bonchev–Trinajstić information content (AvgIpc) is 2.78. The number of hydrogen-bond donors (Lipinski definition) is 1. The first-order valence-electron chi connectivity index (χ1n) is 6.09. The van der Waals surface area contributed by atoms with Crippen molar-refractivity contribution < 1.29 is 0 Å². The zero-order chi connectivity index (χ0) is 13.0. The van der Waals surface area contributed by atoms with Crippen molar-refractivity contribution in [3.05, 3.63) is 47.0 Å². The summed E-state index contributed by atoms with van der Waals surface area (Å²) in [7, 11) is 0. The molecule has 2 rings (SSSR count). The van der Waals surface area contributed by atoms with Crippen LogP contribution in [-0.4, -0.2) is 14.8 Å². The second kappa shape index (κ2) is 5.98. The normalized spacial score (nSPS) is 12.6. The van der Waals surface area contributed by atoms with E-state index in [0.29, 0.717) is 5.02 Å². The molecule has 0 aliphatic rings. The fourth-order valence-electron chi connectivity index (χ4n) is 1.98. The Morgan fingerprint density at radius 1 is 1.44 bits per heavy atom. The highest BCUT2D eigenvalue weighted by molar-refractivity contribution is 6.31. The van der Waals surface area contributed by atoms with Gasteiger partial charge in [-0.25, -0.2) is 0 Å². The summed E-state index contributed by atoms with van der Waals surface area (Å²) in [5.74, 6) is 0. The molecular formula is C13H17ClN4. The number of rotatable bonds is 5. The zero-order valence-electron chi connectivity index (χ0n) is 10.4. The van der Waals surface area contributed by atoms with Crippen LogP contribution in [0.5, 0.6) is 0 Å². The number of halogens is 1. The molecule has 96 valence electrons. The summed E-state index contributed by atoms with van der Waals surface area (Å²) in [5, 5.41) is 4.84. The number of aryl methyl sites for hydroxylation is 2. The molecule has 2 aromatic rings. The van der Waals surface area contributed by atoms with Crippen LogP contribution in [0.15, 0.2) is 30.6 Å². The minimum atomic E-state index is -0.109. The third-order valence-corrected chi connectivity index (χ3v) is 3.21. The Balaban J connectivity index is 2.03. The van der Waals surface area contributed by atoms with Crippen molar-refractivity contribution in [1.29, 1.82) is 0 Å². The van der Waals surface area contributed by atoms with Gasteiger partial charge in [0.1, 0.15) is 0 Å². The number of pyridine rings is 1. The molecule has 0 fully saturated rings. The van der Waals surface area contributed by atoms with Crippen LogP contribution in [0.2, 0.25) is 5.02 Å². The van der Waals surface area contributed by atoms with E-state index in [1.165, 1.54) is 0 Å². The van der Waals surface area contributed by atoms with Crippen LogP contribution in [0.4, 0.5) is 0 Å². The van der Waals surface area contributed by atoms with Crippen molar-refractivity contribution in [2.75, 3.05) is 0 Å². The molecule has 0 spiro atoms. The Morgan fingerprint density at radius 2 is 2.28 bits per heavy atom. The smallest absolute Gasteiger partial charge is 0.0834 e. The SMILES string of the molecule is CCn1ncc(Cl)c1C(N)CCc1ccccn1. The fraction of sp³-hybridized carbons (Fsp3) is 0.385. The van der Waals surface area contributed by atoms with Gasteiger partial charge < -0.3 is 5.73 Å². The van der Waals surface area contributed by atoms with Crippen molar-refractivity contribution in [2.24, 2.45) is 5.73 Å². The predicted octanol–water partition coefficient (Wildman–Crippen LogP) is 2.58. The quantitative estimate of drug-likeness (QED) is 0.903. The van der Waals surface area contributed by atoms with E-state index in [0.717, 1.165) is 30.8 Å². The van der Waals surface area contributed by atoms with E-state index in [4.69, 9.17) is 17.3 Å². The van der Waals surface area contributed by atoms with Gasteiger partial charge in [-0.15, -0.1) is 0 Å². The second-order valence-corrected chi connectivity index (χ2v) is 4.57. The third-order valence-electron chi connectivity index (χ3n) is 2.92. The van der Waals surface area contributed by atoms with Gasteiger partial charge >= 0.3 is 0 Å². The monoisotopic (exact) mass is 264 g/mol. The molecule has 0 aromatic carbocycles. The highest BCUT2D eigenvalue weighted by atomic mass is 35.5. The summed E-state index contributed by atoms with van der Waals surface area (Å²) < 4.78 is 1.85. The largest absolute Gasteiger partial charge is 0.323 e. The van der Waals surface area contributed by atoms with E-state index < -0.39 is 0 Å². The topological polar surface area (TPSA) is 56.7 Å². The standard InChI is InChI=1S/C13H17ClN4/c1-2-18-13(11(14)9-17-18)12(15)7-6-10-5-3-4-8-16-10/h3-5,8-9,12H,2,6-7,15H2,1H3. The lowest BCUT2D eigenvalue weighted by molar-refractivity contribution is 0.545. The van der Waals surface area contributed by atoms with Gasteiger partial charge in [0, 0.05) is 24.5 Å². The lowest BCUT2D eigenvalue weighted by atomic mass is 10.1. The van der Waals surface area contributed by atoms with E-state index in [-0.39, 0.29) is 6.04 Å². The Morgan fingerprint density at radius 3 is 2.94 bits per heavy atom. The summed E-state index contributed by atoms with van der Waals surface area (Å²) >= 11 is 6.12. The minimum absolute atomic E-state index is 0.109. The lowest BCUT2D eigenvalue weighted by Crippen LogP contribution is -2.17. The van der Waals surface area contributed by atoms with Gasteiger partial charge in [0.05, 0.1) is 16.9 Å². The molecule has 0 aliphatic heterocycles. The summed E-state index contributed by atoms with van der Waals surface area (Å²) in [5.41, 5.74) is 8.15. The Hall–Kier alpha value is -1.39. The van der Waals surface area contributed by atoms with Crippen molar-refractivity contribution in [3.8, 4) is 0 Å². The first kappa shape index (κ1) is 13.1. The maximum Gasteiger partial charge on any atom is 0.0834 e. The van der Waals surface area contributed by atoms with Crippen molar-refractivity contribution in [3.63, 3.8) is 0 Å². The van der Waals surface area contributed by atoms with Gasteiger partial charge in [-0.05, 0) is 31.9 Å². The highest BCUT2D eigenvalue weighted by Gasteiger charge is 2.16. The van der Waals surface area contributed by atoms with Crippen LogP contribution < -0.4 is 5.73 Å². The number of nitrogens with zero attached hydrogens (tertiary/aromatic N) is 3. The molecule has 1 unspecified atom stereocenters. The highest BCUT2D eigenvalue weighted by Crippen LogP contribution is 2.24. The molecule has 0 amide bonds. The Kier molecular flexibility index (Phi) is 4.33. The molecule has 4 nitrogen and oxygen atoms in total. The van der Waals surface area contributed by atoms with Crippen molar-refractivity contribution in [1.82, 2.24) is 14.8 Å². The second-order valence-electron chi connectivity index (χ2n) is 4.16. The molecule has 0 bridgehead atoms. The van der Waals surface area contributed by atoms with E-state index >= 15 is 0 Å². The van der Waals surface area contributed by atoms with Crippen molar-refractivity contribution >= 4 is 11.6 Å². The van der Waals surface area contributed by atoms with Gasteiger partial charge in [0.2, 0.25) is 0 Å². The molecular weight excluding hydrogens is 248 g/mol. The van der Waals surface area contributed by atoms with Crippen LogP contribution >= 0.6 is 11.6 Å². The lowest BCUT2D eigenvalue weighted by Gasteiger charge is -2.13. The summed E-state index contributed by atoms with van der Waals surface area (Å²) in [4.78, 5) is 4.29. The predicted molar refractivity (Wildman–Crippen MR) is 72.4 cm³/mol. The number of aromatic nitrogens is 3. The van der Waals surface area contributed by atoms with Gasteiger partial charge in [-0.2, -0.15) is 5.10 Å². The Bertz CT molecular complexity index is 495. The molecule has 0 saturated carbocycles. The van der Waals surface area contributed by atoms with E-state index in [2.05, 4.69) is 10.1 Å². The van der Waals surface area contributed by atoms with Crippen LogP contribution in [-0.2, 0) is 13.0 Å². The van der Waals surface area contributed by atoms with Crippen molar-refractivity contribution in [2.45, 2.75) is 32.4 Å². The minimum Gasteiger partial charge on any atom is -0.323 e. The summed E-state index contributed by atoms with van der Waals surface area (Å²) in [6.07, 6.45) is 5.10. The van der Waals surface area contributed by atoms with Gasteiger partial charge in [-0.1, -0.05) is 17.7 Å². The summed E-state index contributed by atoms with van der Waals surface area (Å²) in [6.45, 7) is 2.80. The third kappa shape index (κ3) is 2.89. The molecule has 2 aromatic heterocycles. The summed E-state index contributed by atoms with van der Waals surface area (Å²) in [6, 6.07) is 5.79. The van der Waals surface area contributed by atoms with Crippen LogP contribution in [0, 0.1) is 0 Å². The molecule has 0 saturated heterocycles. The first-order chi connectivity index (χ1) is 8.72. The molecule has 18 heavy (non-hydrogen) atoms. The zero-order valence-corrected chi connectivity index (χ0v) is 11.1. The molecule has 5 heteroatoms. The van der Waals surface area contributed by atoms with Gasteiger partial charge in [-0.3, -0.25) is 9.67 Å². The van der Waals surface area contributed by atoms with Crippen LogP contribution in [0.3, 0.4) is 0 Å². The van der Waals surface area contributed by atoms with E-state index in [9.17, 15) is 0 Å². The van der Waals surface area contributed by atoms with Crippen LogP contribution in [0.25, 0.3) is 0 Å². The molecule has 2 N–H and O–H groups in total.